The third kappa shape index (κ3) is 3.01. The van der Waals surface area contributed by atoms with Gasteiger partial charge in [-0.2, -0.15) is 0 Å². The van der Waals surface area contributed by atoms with Crippen molar-refractivity contribution in [1.29, 1.82) is 0 Å². The van der Waals surface area contributed by atoms with Crippen molar-refractivity contribution >= 4 is 11.9 Å². The van der Waals surface area contributed by atoms with Crippen LogP contribution in [0, 0.1) is 6.92 Å². The van der Waals surface area contributed by atoms with Gasteiger partial charge in [-0.3, -0.25) is 5.32 Å². The molecule has 0 saturated carbocycles. The van der Waals surface area contributed by atoms with Gasteiger partial charge in [0.1, 0.15) is 11.5 Å². The Morgan fingerprint density at radius 2 is 1.59 bits per heavy atom. The van der Waals surface area contributed by atoms with E-state index in [2.05, 4.69) is 15.3 Å². The number of ether oxygens (including phenoxy) is 1. The molecule has 1 heterocycles. The number of aliphatic imine (C=N–C) groups is 2. The van der Waals surface area contributed by atoms with E-state index in [0.29, 0.717) is 0 Å². The first-order valence-corrected chi connectivity index (χ1v) is 6.89. The van der Waals surface area contributed by atoms with E-state index in [1.165, 1.54) is 0 Å². The van der Waals surface area contributed by atoms with Crippen molar-refractivity contribution in [3.05, 3.63) is 59.7 Å². The lowest BCUT2D eigenvalue weighted by Gasteiger charge is -2.17. The van der Waals surface area contributed by atoms with Crippen molar-refractivity contribution in [2.75, 3.05) is 0 Å². The maximum absolute atomic E-state index is 5.86. The Kier molecular flexibility index (Phi) is 3.65. The maximum atomic E-state index is 5.86. The highest BCUT2D eigenvalue weighted by molar-refractivity contribution is 5.98. The monoisotopic (exact) mass is 295 g/mol. The predicted molar refractivity (Wildman–Crippen MR) is 86.8 cm³/mol. The van der Waals surface area contributed by atoms with E-state index in [4.69, 9.17) is 16.2 Å². The van der Waals surface area contributed by atoms with Crippen molar-refractivity contribution in [2.24, 2.45) is 21.5 Å². The molecule has 1 aliphatic rings. The molecule has 0 unspecified atom stereocenters. The highest BCUT2D eigenvalue weighted by Gasteiger charge is 2.15. The van der Waals surface area contributed by atoms with Crippen molar-refractivity contribution < 1.29 is 4.74 Å². The summed E-state index contributed by atoms with van der Waals surface area (Å²) in [5.41, 5.74) is 13.3. The molecular weight excluding hydrogens is 278 g/mol. The highest BCUT2D eigenvalue weighted by Crippen LogP contribution is 2.27. The van der Waals surface area contributed by atoms with Gasteiger partial charge in [-0.05, 0) is 36.2 Å². The molecule has 0 amide bonds. The van der Waals surface area contributed by atoms with Crippen LogP contribution in [0.1, 0.15) is 17.3 Å². The van der Waals surface area contributed by atoms with Crippen molar-refractivity contribution in [3.63, 3.8) is 0 Å². The Morgan fingerprint density at radius 1 is 0.955 bits per heavy atom. The Morgan fingerprint density at radius 3 is 2.23 bits per heavy atom. The standard InChI is InChI=1S/C16H17N5O/c1-10-4-2-3-5-13(10)22-12-8-6-11(7-9-12)14-19-15(17)21-16(18)20-14/h2-9,14H,1H3,(H5,17,18,19,20,21). The molecule has 0 bridgehead atoms. The molecular formula is C16H17N5O. The van der Waals surface area contributed by atoms with E-state index in [-0.39, 0.29) is 11.9 Å². The summed E-state index contributed by atoms with van der Waals surface area (Å²) in [6.07, 6.45) is -0.422. The van der Waals surface area contributed by atoms with Crippen LogP contribution in [0.3, 0.4) is 0 Å². The molecule has 0 spiro atoms. The number of nitrogens with two attached hydrogens (primary N) is 2. The summed E-state index contributed by atoms with van der Waals surface area (Å²) in [4.78, 5) is 8.41. The van der Waals surface area contributed by atoms with Gasteiger partial charge in [0.05, 0.1) is 0 Å². The molecule has 1 aliphatic heterocycles. The molecule has 6 heteroatoms. The van der Waals surface area contributed by atoms with Crippen molar-refractivity contribution in [2.45, 2.75) is 13.1 Å². The fourth-order valence-electron chi connectivity index (χ4n) is 2.14. The number of nitrogens with zero attached hydrogens (tertiary/aromatic N) is 2. The van der Waals surface area contributed by atoms with Crippen LogP contribution in [0.15, 0.2) is 58.5 Å². The Bertz CT molecular complexity index is 718. The van der Waals surface area contributed by atoms with Gasteiger partial charge in [-0.25, -0.2) is 9.98 Å². The van der Waals surface area contributed by atoms with Crippen LogP contribution in [0.25, 0.3) is 0 Å². The minimum absolute atomic E-state index is 0.262. The average molecular weight is 295 g/mol. The molecule has 0 aliphatic carbocycles. The molecule has 112 valence electrons. The summed E-state index contributed by atoms with van der Waals surface area (Å²) in [6.45, 7) is 2.01. The summed E-state index contributed by atoms with van der Waals surface area (Å²) < 4.78 is 5.86. The second kappa shape index (κ2) is 5.77. The van der Waals surface area contributed by atoms with Gasteiger partial charge in [0.25, 0.3) is 0 Å². The van der Waals surface area contributed by atoms with Crippen LogP contribution in [-0.4, -0.2) is 11.9 Å². The topological polar surface area (TPSA) is 98.0 Å². The quantitative estimate of drug-likeness (QED) is 0.806. The van der Waals surface area contributed by atoms with Gasteiger partial charge in [-0.15, -0.1) is 0 Å². The SMILES string of the molecule is Cc1ccccc1Oc1ccc(C2N=C(N)NC(N)=N2)cc1. The fourth-order valence-corrected chi connectivity index (χ4v) is 2.14. The van der Waals surface area contributed by atoms with Gasteiger partial charge >= 0.3 is 0 Å². The lowest BCUT2D eigenvalue weighted by atomic mass is 10.1. The number of para-hydroxylation sites is 1. The smallest absolute Gasteiger partial charge is 0.197 e. The molecule has 3 rings (SSSR count). The fraction of sp³-hybridized carbons (Fsp3) is 0.125. The molecule has 5 N–H and O–H groups in total. The number of guanidine groups is 2. The Labute approximate surface area is 128 Å². The van der Waals surface area contributed by atoms with Crippen molar-refractivity contribution in [1.82, 2.24) is 5.32 Å². The Balaban J connectivity index is 1.79. The molecule has 0 atom stereocenters. The largest absolute Gasteiger partial charge is 0.457 e. The zero-order valence-corrected chi connectivity index (χ0v) is 12.2. The van der Waals surface area contributed by atoms with Crippen LogP contribution >= 0.6 is 0 Å². The first-order valence-electron chi connectivity index (χ1n) is 6.89. The normalized spacial score (nSPS) is 14.8. The summed E-state index contributed by atoms with van der Waals surface area (Å²) in [6, 6.07) is 15.4. The molecule has 0 aromatic heterocycles. The summed E-state index contributed by atoms with van der Waals surface area (Å²) in [5, 5.41) is 2.66. The zero-order chi connectivity index (χ0) is 15.5. The van der Waals surface area contributed by atoms with Crippen LogP contribution in [0.4, 0.5) is 0 Å². The third-order valence-electron chi connectivity index (χ3n) is 3.28. The molecule has 0 radical (unpaired) electrons. The minimum Gasteiger partial charge on any atom is -0.457 e. The second-order valence-corrected chi connectivity index (χ2v) is 4.96. The number of nitrogens with one attached hydrogen (secondary N) is 1. The molecule has 0 saturated heterocycles. The van der Waals surface area contributed by atoms with Crippen LogP contribution in [0.5, 0.6) is 11.5 Å². The van der Waals surface area contributed by atoms with E-state index >= 15 is 0 Å². The number of aryl methyl sites for hydroxylation is 1. The Hall–Kier alpha value is -3.02. The van der Waals surface area contributed by atoms with Gasteiger partial charge < -0.3 is 16.2 Å². The van der Waals surface area contributed by atoms with E-state index in [1.807, 2.05) is 55.5 Å². The number of hydrogen-bond donors (Lipinski definition) is 3. The van der Waals surface area contributed by atoms with E-state index < -0.39 is 6.17 Å². The molecule has 22 heavy (non-hydrogen) atoms. The van der Waals surface area contributed by atoms with E-state index in [1.54, 1.807) is 0 Å². The highest BCUT2D eigenvalue weighted by atomic mass is 16.5. The minimum atomic E-state index is -0.422. The van der Waals surface area contributed by atoms with Crippen LogP contribution < -0.4 is 21.5 Å². The van der Waals surface area contributed by atoms with Crippen molar-refractivity contribution in [3.8, 4) is 11.5 Å². The summed E-state index contributed by atoms with van der Waals surface area (Å²) >= 11 is 0. The van der Waals surface area contributed by atoms with Gasteiger partial charge in [0.15, 0.2) is 18.1 Å². The van der Waals surface area contributed by atoms with Gasteiger partial charge in [0.2, 0.25) is 0 Å². The molecule has 0 fully saturated rings. The average Bonchev–Trinajstić information content (AvgIpc) is 2.49. The van der Waals surface area contributed by atoms with Gasteiger partial charge in [0, 0.05) is 0 Å². The number of rotatable bonds is 3. The molecule has 2 aromatic carbocycles. The zero-order valence-electron chi connectivity index (χ0n) is 12.2. The van der Waals surface area contributed by atoms with E-state index in [0.717, 1.165) is 22.6 Å². The first kappa shape index (κ1) is 13.9. The lowest BCUT2D eigenvalue weighted by molar-refractivity contribution is 0.478. The van der Waals surface area contributed by atoms with E-state index in [9.17, 15) is 0 Å². The maximum Gasteiger partial charge on any atom is 0.197 e. The first-order chi connectivity index (χ1) is 10.6. The second-order valence-electron chi connectivity index (χ2n) is 4.96. The molecule has 2 aromatic rings. The number of hydrogen-bond acceptors (Lipinski definition) is 6. The van der Waals surface area contributed by atoms with Crippen LogP contribution in [-0.2, 0) is 0 Å². The van der Waals surface area contributed by atoms with Gasteiger partial charge in [-0.1, -0.05) is 30.3 Å². The summed E-state index contributed by atoms with van der Waals surface area (Å²) in [5.74, 6) is 2.11. The summed E-state index contributed by atoms with van der Waals surface area (Å²) in [7, 11) is 0. The third-order valence-corrected chi connectivity index (χ3v) is 3.28. The lowest BCUT2D eigenvalue weighted by Crippen LogP contribution is -2.44. The van der Waals surface area contributed by atoms with Crippen LogP contribution in [0.2, 0.25) is 0 Å². The molecule has 6 nitrogen and oxygen atoms in total. The predicted octanol–water partition coefficient (Wildman–Crippen LogP) is 2.02. The number of benzene rings is 2.